The summed E-state index contributed by atoms with van der Waals surface area (Å²) in [5.41, 5.74) is 1.82. The highest BCUT2D eigenvalue weighted by Gasteiger charge is 2.33. The van der Waals surface area contributed by atoms with Crippen LogP contribution in [-0.2, 0) is 17.7 Å². The molecule has 0 radical (unpaired) electrons. The molecule has 2 atom stereocenters. The lowest BCUT2D eigenvalue weighted by molar-refractivity contribution is 0.0632. The molecule has 2 aliphatic heterocycles. The number of ether oxygens (including phenoxy) is 2. The number of halogens is 1. The maximum absolute atomic E-state index is 13.1. The Bertz CT molecular complexity index is 996. The van der Waals surface area contributed by atoms with E-state index in [2.05, 4.69) is 14.5 Å². The summed E-state index contributed by atoms with van der Waals surface area (Å²) >= 11 is -2.45. The van der Waals surface area contributed by atoms with Crippen molar-refractivity contribution in [3.8, 4) is 11.5 Å². The van der Waals surface area contributed by atoms with Gasteiger partial charge in [0.05, 0.1) is 0 Å². The number of fused-ring (bicyclic) bond motifs is 1. The molecule has 0 amide bonds. The van der Waals surface area contributed by atoms with E-state index >= 15 is 0 Å². The minimum Gasteiger partial charge on any atom is -0.755 e. The predicted molar refractivity (Wildman–Crippen MR) is 124 cm³/mol. The van der Waals surface area contributed by atoms with Crippen LogP contribution in [0.5, 0.6) is 11.5 Å². The number of piperazine rings is 1. The molecule has 0 saturated carbocycles. The average molecular weight is 479 g/mol. The Balaban J connectivity index is 1.32. The van der Waals surface area contributed by atoms with Gasteiger partial charge in [-0.15, -0.1) is 0 Å². The monoisotopic (exact) mass is 478 g/mol. The first kappa shape index (κ1) is 23.7. The van der Waals surface area contributed by atoms with Crippen LogP contribution < -0.4 is 19.1 Å². The molecule has 0 bridgehead atoms. The largest absolute Gasteiger partial charge is 0.755 e. The number of aliphatic hydroxyl groups excluding tert-OH is 1. The lowest BCUT2D eigenvalue weighted by atomic mass is 10.0. The van der Waals surface area contributed by atoms with Crippen LogP contribution in [0.1, 0.15) is 19.4 Å². The molecule has 1 fully saturated rings. The van der Waals surface area contributed by atoms with Crippen LogP contribution in [-0.4, -0.2) is 69.8 Å². The molecule has 2 N–H and O–H groups in total. The highest BCUT2D eigenvalue weighted by molar-refractivity contribution is 7.80. The summed E-state index contributed by atoms with van der Waals surface area (Å²) in [5, 5.41) is 10.6. The number of aliphatic hydroxyl groups is 1. The summed E-state index contributed by atoms with van der Waals surface area (Å²) in [6.07, 6.45) is -0.0988. The van der Waals surface area contributed by atoms with Crippen LogP contribution in [0.4, 0.5) is 15.8 Å². The Labute approximate surface area is 195 Å². The highest BCUT2D eigenvalue weighted by Crippen LogP contribution is 2.44. The van der Waals surface area contributed by atoms with Gasteiger partial charge in [0.25, 0.3) is 0 Å². The Kier molecular flexibility index (Phi) is 7.08. The van der Waals surface area contributed by atoms with Gasteiger partial charge in [0.2, 0.25) is 0 Å². The topological polar surface area (TPSA) is 97.3 Å². The van der Waals surface area contributed by atoms with Gasteiger partial charge >= 0.3 is 0 Å². The molecule has 0 aliphatic carbocycles. The van der Waals surface area contributed by atoms with Crippen LogP contribution in [0, 0.1) is 5.82 Å². The SMILES string of the molecule is CC1(C)Cc2cc(NS(=O)[O-])cc(OCC(O)CN3CCN(c4ccc(F)cc4)CC3)c2O1. The molecule has 4 rings (SSSR count). The summed E-state index contributed by atoms with van der Waals surface area (Å²) in [7, 11) is 0. The van der Waals surface area contributed by atoms with Gasteiger partial charge < -0.3 is 28.8 Å². The molecule has 0 aromatic heterocycles. The third-order valence-electron chi connectivity index (χ3n) is 5.79. The Hall–Kier alpha value is -2.40. The number of benzene rings is 2. The fraction of sp³-hybridized carbons (Fsp3) is 0.478. The Morgan fingerprint density at radius 3 is 2.61 bits per heavy atom. The summed E-state index contributed by atoms with van der Waals surface area (Å²) < 4.78 is 49.5. The van der Waals surface area contributed by atoms with Crippen LogP contribution in [0.15, 0.2) is 36.4 Å². The number of nitrogens with zero attached hydrogens (tertiary/aromatic N) is 2. The predicted octanol–water partition coefficient (Wildman–Crippen LogP) is 2.31. The zero-order chi connectivity index (χ0) is 23.6. The number of hydrogen-bond acceptors (Lipinski definition) is 7. The van der Waals surface area contributed by atoms with Crippen molar-refractivity contribution in [1.29, 1.82) is 0 Å². The Morgan fingerprint density at radius 2 is 1.94 bits per heavy atom. The minimum atomic E-state index is -2.45. The van der Waals surface area contributed by atoms with Crippen molar-refractivity contribution in [2.24, 2.45) is 0 Å². The number of hydrogen-bond donors (Lipinski definition) is 2. The molecule has 8 nitrogen and oxygen atoms in total. The third-order valence-corrected chi connectivity index (χ3v) is 6.19. The van der Waals surface area contributed by atoms with Crippen molar-refractivity contribution in [2.75, 3.05) is 49.0 Å². The van der Waals surface area contributed by atoms with E-state index in [0.29, 0.717) is 30.2 Å². The quantitative estimate of drug-likeness (QED) is 0.562. The molecule has 2 aromatic carbocycles. The van der Waals surface area contributed by atoms with Gasteiger partial charge in [-0.25, -0.2) is 4.39 Å². The lowest BCUT2D eigenvalue weighted by Crippen LogP contribution is -2.49. The summed E-state index contributed by atoms with van der Waals surface area (Å²) in [4.78, 5) is 4.36. The van der Waals surface area contributed by atoms with E-state index in [1.165, 1.54) is 12.1 Å². The van der Waals surface area contributed by atoms with Crippen LogP contribution >= 0.6 is 0 Å². The van der Waals surface area contributed by atoms with E-state index in [1.807, 2.05) is 13.8 Å². The number of β-amino-alcohol motifs (C(OH)–C–C–N with tert-alkyl or cyclic N) is 1. The molecule has 2 unspecified atom stereocenters. The van der Waals surface area contributed by atoms with Gasteiger partial charge in [0, 0.05) is 73.4 Å². The van der Waals surface area contributed by atoms with Crippen molar-refractivity contribution in [3.05, 3.63) is 47.8 Å². The second kappa shape index (κ2) is 9.84. The van der Waals surface area contributed by atoms with E-state index in [1.54, 1.807) is 24.3 Å². The highest BCUT2D eigenvalue weighted by atomic mass is 32.2. The molecular formula is C23H29FN3O5S-. The molecular weight excluding hydrogens is 449 g/mol. The van der Waals surface area contributed by atoms with Crippen LogP contribution in [0.3, 0.4) is 0 Å². The van der Waals surface area contributed by atoms with Crippen molar-refractivity contribution >= 4 is 22.6 Å². The smallest absolute Gasteiger partial charge is 0.165 e. The van der Waals surface area contributed by atoms with Crippen molar-refractivity contribution in [1.82, 2.24) is 4.90 Å². The number of rotatable bonds is 8. The number of anilines is 2. The molecule has 2 aromatic rings. The first-order valence-corrected chi connectivity index (χ1v) is 12.0. The van der Waals surface area contributed by atoms with E-state index in [9.17, 15) is 18.3 Å². The molecule has 1 saturated heterocycles. The maximum atomic E-state index is 13.1. The lowest BCUT2D eigenvalue weighted by Gasteiger charge is -2.36. The average Bonchev–Trinajstić information content (AvgIpc) is 3.06. The molecule has 2 aliphatic rings. The van der Waals surface area contributed by atoms with Gasteiger partial charge in [-0.1, -0.05) is 0 Å². The standard InChI is InChI=1S/C23H30FN3O5S/c1-23(2)13-16-11-18(25-33(29)30)12-21(22(16)32-23)31-15-20(28)14-26-7-9-27(10-8-26)19-5-3-17(24)4-6-19/h3-6,11-12,20,25,28H,7-10,13-15H2,1-2H3,(H,29,30)/p-1. The second-order valence-corrected chi connectivity index (χ2v) is 9.74. The molecule has 180 valence electrons. The first-order valence-electron chi connectivity index (χ1n) is 10.9. The van der Waals surface area contributed by atoms with E-state index in [4.69, 9.17) is 9.47 Å². The van der Waals surface area contributed by atoms with E-state index in [-0.39, 0.29) is 12.4 Å². The first-order chi connectivity index (χ1) is 15.7. The fourth-order valence-corrected chi connectivity index (χ4v) is 4.63. The Morgan fingerprint density at radius 1 is 1.24 bits per heavy atom. The summed E-state index contributed by atoms with van der Waals surface area (Å²) in [5.74, 6) is 0.747. The van der Waals surface area contributed by atoms with Crippen molar-refractivity contribution in [3.63, 3.8) is 0 Å². The van der Waals surface area contributed by atoms with Gasteiger partial charge in [0.15, 0.2) is 11.5 Å². The van der Waals surface area contributed by atoms with Gasteiger partial charge in [-0.3, -0.25) is 9.11 Å². The van der Waals surface area contributed by atoms with Crippen molar-refractivity contribution < 1.29 is 27.7 Å². The molecule has 33 heavy (non-hydrogen) atoms. The number of nitrogens with one attached hydrogen (secondary N) is 1. The molecule has 2 heterocycles. The normalized spacial score (nSPS) is 19.5. The summed E-state index contributed by atoms with van der Waals surface area (Å²) in [6, 6.07) is 9.79. The van der Waals surface area contributed by atoms with E-state index < -0.39 is 23.0 Å². The van der Waals surface area contributed by atoms with Crippen LogP contribution in [0.2, 0.25) is 0 Å². The van der Waals surface area contributed by atoms with Gasteiger partial charge in [0.1, 0.15) is 24.1 Å². The fourth-order valence-electron chi connectivity index (χ4n) is 4.32. The molecule has 10 heteroatoms. The summed E-state index contributed by atoms with van der Waals surface area (Å²) in [6.45, 7) is 7.54. The van der Waals surface area contributed by atoms with Gasteiger partial charge in [-0.2, -0.15) is 0 Å². The van der Waals surface area contributed by atoms with Gasteiger partial charge in [-0.05, 0) is 44.2 Å². The van der Waals surface area contributed by atoms with E-state index in [0.717, 1.165) is 37.4 Å². The minimum absolute atomic E-state index is 0.0539. The second-order valence-electron chi connectivity index (χ2n) is 9.07. The van der Waals surface area contributed by atoms with Crippen molar-refractivity contribution in [2.45, 2.75) is 32.0 Å². The zero-order valence-electron chi connectivity index (χ0n) is 18.8. The zero-order valence-corrected chi connectivity index (χ0v) is 19.6. The molecule has 0 spiro atoms. The maximum Gasteiger partial charge on any atom is 0.165 e. The third kappa shape index (κ3) is 6.14. The van der Waals surface area contributed by atoms with Crippen LogP contribution in [0.25, 0.3) is 0 Å².